The SMILES string of the molecule is Cc1cccc(Oc2ccc(N3C(=O)C4CC=CCC4C3=O)cc2)c1C. The second kappa shape index (κ2) is 6.45. The lowest BCUT2D eigenvalue weighted by Crippen LogP contribution is -2.30. The molecule has 0 bridgehead atoms. The first-order valence-corrected chi connectivity index (χ1v) is 8.93. The summed E-state index contributed by atoms with van der Waals surface area (Å²) >= 11 is 0. The van der Waals surface area contributed by atoms with Crippen molar-refractivity contribution in [3.8, 4) is 11.5 Å². The fraction of sp³-hybridized carbons (Fsp3) is 0.273. The molecule has 1 aliphatic carbocycles. The number of fused-ring (bicyclic) bond motifs is 1. The maximum absolute atomic E-state index is 12.6. The number of ether oxygens (including phenoxy) is 1. The summed E-state index contributed by atoms with van der Waals surface area (Å²) in [6.45, 7) is 4.07. The van der Waals surface area contributed by atoms with Crippen LogP contribution in [0.4, 0.5) is 5.69 Å². The Morgan fingerprint density at radius 2 is 1.50 bits per heavy atom. The highest BCUT2D eigenvalue weighted by Crippen LogP contribution is 2.38. The van der Waals surface area contributed by atoms with Crippen molar-refractivity contribution in [2.45, 2.75) is 26.7 Å². The number of carbonyl (C=O) groups is 2. The molecule has 2 aromatic rings. The molecule has 26 heavy (non-hydrogen) atoms. The Morgan fingerprint density at radius 1 is 0.885 bits per heavy atom. The summed E-state index contributed by atoms with van der Waals surface area (Å²) in [4.78, 5) is 26.6. The number of hydrogen-bond donors (Lipinski definition) is 0. The van der Waals surface area contributed by atoms with E-state index in [1.807, 2.05) is 44.2 Å². The third-order valence-electron chi connectivity index (χ3n) is 5.39. The molecule has 2 aromatic carbocycles. The van der Waals surface area contributed by atoms with E-state index < -0.39 is 0 Å². The van der Waals surface area contributed by atoms with Crippen LogP contribution in [0.3, 0.4) is 0 Å². The smallest absolute Gasteiger partial charge is 0.238 e. The minimum absolute atomic E-state index is 0.0902. The zero-order valence-corrected chi connectivity index (χ0v) is 14.9. The molecule has 2 unspecified atom stereocenters. The van der Waals surface area contributed by atoms with Crippen molar-refractivity contribution >= 4 is 17.5 Å². The summed E-state index contributed by atoms with van der Waals surface area (Å²) < 4.78 is 5.96. The third kappa shape index (κ3) is 2.71. The van der Waals surface area contributed by atoms with E-state index in [1.54, 1.807) is 24.3 Å². The van der Waals surface area contributed by atoms with Gasteiger partial charge in [-0.05, 0) is 68.1 Å². The van der Waals surface area contributed by atoms with Crippen molar-refractivity contribution in [3.05, 3.63) is 65.7 Å². The van der Waals surface area contributed by atoms with Crippen LogP contribution in [0.1, 0.15) is 24.0 Å². The Labute approximate surface area is 153 Å². The second-order valence-corrected chi connectivity index (χ2v) is 6.96. The molecule has 0 radical (unpaired) electrons. The quantitative estimate of drug-likeness (QED) is 0.604. The van der Waals surface area contributed by atoms with Gasteiger partial charge in [-0.2, -0.15) is 0 Å². The zero-order chi connectivity index (χ0) is 18.3. The van der Waals surface area contributed by atoms with Crippen LogP contribution in [0.2, 0.25) is 0 Å². The standard InChI is InChI=1S/C22H21NO3/c1-14-6-5-9-20(15(14)2)26-17-12-10-16(11-13-17)23-21(24)18-7-3-4-8-19(18)22(23)25/h3-6,9-13,18-19H,7-8H2,1-2H3. The van der Waals surface area contributed by atoms with Gasteiger partial charge in [-0.25, -0.2) is 0 Å². The van der Waals surface area contributed by atoms with Crippen molar-refractivity contribution in [1.82, 2.24) is 0 Å². The number of imide groups is 1. The molecule has 4 heteroatoms. The van der Waals surface area contributed by atoms with Gasteiger partial charge in [0.25, 0.3) is 0 Å². The highest BCUT2D eigenvalue weighted by atomic mass is 16.5. The first kappa shape index (κ1) is 16.6. The highest BCUT2D eigenvalue weighted by Gasteiger charge is 2.47. The van der Waals surface area contributed by atoms with Gasteiger partial charge in [-0.3, -0.25) is 14.5 Å². The van der Waals surface area contributed by atoms with E-state index >= 15 is 0 Å². The Morgan fingerprint density at radius 3 is 2.12 bits per heavy atom. The molecular weight excluding hydrogens is 326 g/mol. The zero-order valence-electron chi connectivity index (χ0n) is 14.9. The maximum Gasteiger partial charge on any atom is 0.238 e. The van der Waals surface area contributed by atoms with E-state index in [0.717, 1.165) is 11.3 Å². The second-order valence-electron chi connectivity index (χ2n) is 6.96. The lowest BCUT2D eigenvalue weighted by atomic mass is 9.85. The fourth-order valence-corrected chi connectivity index (χ4v) is 3.68. The number of rotatable bonds is 3. The summed E-state index contributed by atoms with van der Waals surface area (Å²) in [6.07, 6.45) is 5.30. The molecule has 2 aliphatic rings. The summed E-state index contributed by atoms with van der Waals surface area (Å²) in [7, 11) is 0. The van der Waals surface area contributed by atoms with Crippen LogP contribution in [0.15, 0.2) is 54.6 Å². The Kier molecular flexibility index (Phi) is 4.11. The molecule has 132 valence electrons. The van der Waals surface area contributed by atoms with Crippen LogP contribution in [-0.2, 0) is 9.59 Å². The summed E-state index contributed by atoms with van der Waals surface area (Å²) in [5.74, 6) is 0.889. The Hall–Kier alpha value is -2.88. The normalized spacial score (nSPS) is 21.8. The number of amides is 2. The van der Waals surface area contributed by atoms with Gasteiger partial charge >= 0.3 is 0 Å². The predicted octanol–water partition coefficient (Wildman–Crippen LogP) is 4.55. The van der Waals surface area contributed by atoms with Crippen LogP contribution < -0.4 is 9.64 Å². The van der Waals surface area contributed by atoms with Gasteiger partial charge in [0.2, 0.25) is 11.8 Å². The van der Waals surface area contributed by atoms with E-state index in [1.165, 1.54) is 10.5 Å². The monoisotopic (exact) mass is 347 g/mol. The molecule has 4 nitrogen and oxygen atoms in total. The molecule has 1 fully saturated rings. The van der Waals surface area contributed by atoms with Gasteiger partial charge in [-0.1, -0.05) is 24.3 Å². The van der Waals surface area contributed by atoms with Crippen molar-refractivity contribution in [2.24, 2.45) is 11.8 Å². The fourth-order valence-electron chi connectivity index (χ4n) is 3.68. The summed E-state index contributed by atoms with van der Waals surface area (Å²) in [5, 5.41) is 0. The topological polar surface area (TPSA) is 46.6 Å². The molecule has 1 aliphatic heterocycles. The molecule has 4 rings (SSSR count). The number of hydrogen-bond acceptors (Lipinski definition) is 3. The molecule has 0 saturated carbocycles. The number of carbonyl (C=O) groups excluding carboxylic acids is 2. The largest absolute Gasteiger partial charge is 0.457 e. The van der Waals surface area contributed by atoms with Crippen molar-refractivity contribution in [1.29, 1.82) is 0 Å². The average molecular weight is 347 g/mol. The molecule has 0 N–H and O–H groups in total. The maximum atomic E-state index is 12.6. The van der Waals surface area contributed by atoms with Gasteiger partial charge in [0.1, 0.15) is 11.5 Å². The molecule has 0 spiro atoms. The first-order valence-electron chi connectivity index (χ1n) is 8.93. The molecule has 0 aromatic heterocycles. The van der Waals surface area contributed by atoms with E-state index in [2.05, 4.69) is 0 Å². The minimum Gasteiger partial charge on any atom is -0.457 e. The number of aryl methyl sites for hydroxylation is 1. The Balaban J connectivity index is 1.56. The van der Waals surface area contributed by atoms with Crippen LogP contribution in [-0.4, -0.2) is 11.8 Å². The Bertz CT molecular complexity index is 872. The summed E-state index contributed by atoms with van der Waals surface area (Å²) in [6, 6.07) is 13.1. The van der Waals surface area contributed by atoms with Crippen LogP contribution in [0.25, 0.3) is 0 Å². The summed E-state index contributed by atoms with van der Waals surface area (Å²) in [5.41, 5.74) is 2.88. The molecule has 1 saturated heterocycles. The van der Waals surface area contributed by atoms with Gasteiger partial charge in [0.15, 0.2) is 0 Å². The van der Waals surface area contributed by atoms with Crippen molar-refractivity contribution in [2.75, 3.05) is 4.90 Å². The van der Waals surface area contributed by atoms with Crippen LogP contribution in [0, 0.1) is 25.7 Å². The number of benzene rings is 2. The van der Waals surface area contributed by atoms with Gasteiger partial charge in [-0.15, -0.1) is 0 Å². The van der Waals surface area contributed by atoms with Crippen LogP contribution in [0.5, 0.6) is 11.5 Å². The highest BCUT2D eigenvalue weighted by molar-refractivity contribution is 6.22. The minimum atomic E-state index is -0.210. The molecule has 2 amide bonds. The van der Waals surface area contributed by atoms with Gasteiger partial charge in [0, 0.05) is 0 Å². The van der Waals surface area contributed by atoms with Gasteiger partial charge < -0.3 is 4.74 Å². The van der Waals surface area contributed by atoms with E-state index in [-0.39, 0.29) is 23.7 Å². The van der Waals surface area contributed by atoms with Crippen molar-refractivity contribution < 1.29 is 14.3 Å². The van der Waals surface area contributed by atoms with E-state index in [4.69, 9.17) is 4.74 Å². The third-order valence-corrected chi connectivity index (χ3v) is 5.39. The van der Waals surface area contributed by atoms with E-state index in [9.17, 15) is 9.59 Å². The average Bonchev–Trinajstić information content (AvgIpc) is 2.91. The first-order chi connectivity index (χ1) is 12.6. The molecule has 2 atom stereocenters. The number of nitrogens with zero attached hydrogens (tertiary/aromatic N) is 1. The van der Waals surface area contributed by atoms with Crippen LogP contribution >= 0.6 is 0 Å². The molecule has 1 heterocycles. The predicted molar refractivity (Wildman–Crippen MR) is 100 cm³/mol. The lowest BCUT2D eigenvalue weighted by molar-refractivity contribution is -0.122. The van der Waals surface area contributed by atoms with Gasteiger partial charge in [0.05, 0.1) is 17.5 Å². The molecular formula is C22H21NO3. The lowest BCUT2D eigenvalue weighted by Gasteiger charge is -2.16. The van der Waals surface area contributed by atoms with Crippen molar-refractivity contribution in [3.63, 3.8) is 0 Å². The van der Waals surface area contributed by atoms with E-state index in [0.29, 0.717) is 24.3 Å². The number of anilines is 1. The number of allylic oxidation sites excluding steroid dienone is 2.